The minimum Gasteiger partial charge on any atom is -0.481 e. The molecule has 5 nitrogen and oxygen atoms in total. The number of aliphatic hydroxyl groups excluding tert-OH is 1. The maximum atomic E-state index is 12.4. The van der Waals surface area contributed by atoms with E-state index in [-0.39, 0.29) is 18.9 Å². The van der Waals surface area contributed by atoms with E-state index in [1.54, 1.807) is 4.90 Å². The summed E-state index contributed by atoms with van der Waals surface area (Å²) < 4.78 is 0. The first-order chi connectivity index (χ1) is 10.9. The number of aliphatic carboxylic acids is 1. The Labute approximate surface area is 136 Å². The first-order valence-corrected chi connectivity index (χ1v) is 8.14. The molecule has 1 aliphatic heterocycles. The second kappa shape index (κ2) is 7.13. The number of nitrogens with zero attached hydrogens (tertiary/aromatic N) is 1. The van der Waals surface area contributed by atoms with Crippen molar-refractivity contribution in [3.05, 3.63) is 35.4 Å². The van der Waals surface area contributed by atoms with Gasteiger partial charge in [-0.05, 0) is 25.3 Å². The fourth-order valence-corrected chi connectivity index (χ4v) is 3.41. The molecule has 0 aromatic heterocycles. The van der Waals surface area contributed by atoms with Crippen LogP contribution in [0, 0.1) is 12.3 Å². The number of β-amino-alcohol motifs (C(OH)–C–C–N with tert-alkyl or cyclic N) is 1. The lowest BCUT2D eigenvalue weighted by molar-refractivity contribution is -0.167. The molecule has 0 unspecified atom stereocenters. The van der Waals surface area contributed by atoms with Crippen LogP contribution in [0.25, 0.3) is 0 Å². The maximum Gasteiger partial charge on any atom is 0.312 e. The van der Waals surface area contributed by atoms with Gasteiger partial charge in [-0.15, -0.1) is 0 Å². The lowest BCUT2D eigenvalue weighted by atomic mass is 9.72. The molecular weight excluding hydrogens is 294 g/mol. The van der Waals surface area contributed by atoms with E-state index in [0.717, 1.165) is 11.1 Å². The lowest BCUT2D eigenvalue weighted by Crippen LogP contribution is -2.56. The van der Waals surface area contributed by atoms with Crippen LogP contribution >= 0.6 is 0 Å². The largest absolute Gasteiger partial charge is 0.481 e. The van der Waals surface area contributed by atoms with Crippen LogP contribution in [0.2, 0.25) is 0 Å². The average Bonchev–Trinajstić information content (AvgIpc) is 2.49. The highest BCUT2D eigenvalue weighted by Crippen LogP contribution is 2.37. The van der Waals surface area contributed by atoms with Gasteiger partial charge in [0.1, 0.15) is 0 Å². The highest BCUT2D eigenvalue weighted by Gasteiger charge is 2.48. The molecule has 0 bridgehead atoms. The van der Waals surface area contributed by atoms with E-state index in [9.17, 15) is 19.8 Å². The zero-order valence-electron chi connectivity index (χ0n) is 13.8. The number of aryl methyl sites for hydroxylation is 1. The van der Waals surface area contributed by atoms with Gasteiger partial charge in [0, 0.05) is 13.1 Å². The number of hydrogen-bond donors (Lipinski definition) is 2. The molecule has 2 atom stereocenters. The summed E-state index contributed by atoms with van der Waals surface area (Å²) in [5, 5.41) is 19.9. The lowest BCUT2D eigenvalue weighted by Gasteiger charge is -2.42. The molecule has 0 spiro atoms. The van der Waals surface area contributed by atoms with Gasteiger partial charge in [-0.3, -0.25) is 9.59 Å². The number of rotatable bonds is 5. The van der Waals surface area contributed by atoms with Crippen LogP contribution in [-0.2, 0) is 16.0 Å². The second-order valence-corrected chi connectivity index (χ2v) is 6.48. The van der Waals surface area contributed by atoms with Crippen LogP contribution in [0.15, 0.2) is 24.3 Å². The van der Waals surface area contributed by atoms with Crippen LogP contribution in [-0.4, -0.2) is 46.2 Å². The van der Waals surface area contributed by atoms with Crippen molar-refractivity contribution in [1.29, 1.82) is 0 Å². The van der Waals surface area contributed by atoms with Crippen molar-refractivity contribution in [2.24, 2.45) is 5.41 Å². The monoisotopic (exact) mass is 319 g/mol. The molecule has 23 heavy (non-hydrogen) atoms. The molecule has 2 N–H and O–H groups in total. The Bertz CT molecular complexity index is 586. The SMILES string of the molecule is CCC[C@]1(C(=O)O)CCN(C(=O)Cc2cccc(C)c2)C[C@@H]1O. The third-order valence-electron chi connectivity index (χ3n) is 4.77. The summed E-state index contributed by atoms with van der Waals surface area (Å²) in [5.41, 5.74) is 0.921. The van der Waals surface area contributed by atoms with E-state index in [2.05, 4.69) is 0 Å². The van der Waals surface area contributed by atoms with Gasteiger partial charge in [0.15, 0.2) is 0 Å². The average molecular weight is 319 g/mol. The Balaban J connectivity index is 2.04. The zero-order valence-corrected chi connectivity index (χ0v) is 13.8. The number of carboxylic acid groups (broad SMARTS) is 1. The van der Waals surface area contributed by atoms with Crippen molar-refractivity contribution in [2.75, 3.05) is 13.1 Å². The van der Waals surface area contributed by atoms with Gasteiger partial charge in [0.2, 0.25) is 5.91 Å². The number of carboxylic acids is 1. The van der Waals surface area contributed by atoms with Gasteiger partial charge >= 0.3 is 5.97 Å². The number of carbonyl (C=O) groups is 2. The van der Waals surface area contributed by atoms with E-state index in [1.165, 1.54) is 0 Å². The number of amides is 1. The van der Waals surface area contributed by atoms with Crippen LogP contribution < -0.4 is 0 Å². The van der Waals surface area contributed by atoms with Gasteiger partial charge in [-0.25, -0.2) is 0 Å². The van der Waals surface area contributed by atoms with Gasteiger partial charge in [0.05, 0.1) is 17.9 Å². The Hall–Kier alpha value is -1.88. The summed E-state index contributed by atoms with van der Waals surface area (Å²) in [6.45, 7) is 4.36. The van der Waals surface area contributed by atoms with Crippen molar-refractivity contribution in [2.45, 2.75) is 45.6 Å². The second-order valence-electron chi connectivity index (χ2n) is 6.48. The molecule has 0 radical (unpaired) electrons. The fourth-order valence-electron chi connectivity index (χ4n) is 3.41. The molecule has 1 fully saturated rings. The molecule has 126 valence electrons. The molecule has 1 aromatic carbocycles. The van der Waals surface area contributed by atoms with E-state index in [0.29, 0.717) is 25.8 Å². The topological polar surface area (TPSA) is 77.8 Å². The molecule has 1 aromatic rings. The van der Waals surface area contributed by atoms with E-state index in [4.69, 9.17) is 0 Å². The number of hydrogen-bond acceptors (Lipinski definition) is 3. The normalized spacial score (nSPS) is 24.5. The number of benzene rings is 1. The minimum absolute atomic E-state index is 0.0647. The maximum absolute atomic E-state index is 12.4. The van der Waals surface area contributed by atoms with Crippen molar-refractivity contribution >= 4 is 11.9 Å². The summed E-state index contributed by atoms with van der Waals surface area (Å²) in [4.78, 5) is 25.6. The molecule has 1 aliphatic rings. The van der Waals surface area contributed by atoms with Gasteiger partial charge in [-0.1, -0.05) is 43.2 Å². The van der Waals surface area contributed by atoms with Crippen molar-refractivity contribution in [1.82, 2.24) is 4.90 Å². The molecule has 0 aliphatic carbocycles. The van der Waals surface area contributed by atoms with E-state index in [1.807, 2.05) is 38.1 Å². The van der Waals surface area contributed by atoms with Crippen molar-refractivity contribution in [3.63, 3.8) is 0 Å². The summed E-state index contributed by atoms with van der Waals surface area (Å²) in [6, 6.07) is 7.77. The smallest absolute Gasteiger partial charge is 0.312 e. The van der Waals surface area contributed by atoms with Crippen molar-refractivity contribution < 1.29 is 19.8 Å². The zero-order chi connectivity index (χ0) is 17.0. The van der Waals surface area contributed by atoms with Crippen LogP contribution in [0.4, 0.5) is 0 Å². The van der Waals surface area contributed by atoms with E-state index >= 15 is 0 Å². The quantitative estimate of drug-likeness (QED) is 0.870. The highest BCUT2D eigenvalue weighted by molar-refractivity contribution is 5.80. The minimum atomic E-state index is -1.12. The third-order valence-corrected chi connectivity index (χ3v) is 4.77. The first kappa shape index (κ1) is 17.5. The number of carbonyl (C=O) groups excluding carboxylic acids is 1. The summed E-state index contributed by atoms with van der Waals surface area (Å²) in [7, 11) is 0. The number of aliphatic hydroxyl groups is 1. The predicted octanol–water partition coefficient (Wildman–Crippen LogP) is 2.00. The Kier molecular flexibility index (Phi) is 5.42. The van der Waals surface area contributed by atoms with Gasteiger partial charge in [0.25, 0.3) is 0 Å². The molecule has 1 amide bonds. The van der Waals surface area contributed by atoms with Crippen molar-refractivity contribution in [3.8, 4) is 0 Å². The molecule has 0 saturated carbocycles. The van der Waals surface area contributed by atoms with E-state index < -0.39 is 17.5 Å². The van der Waals surface area contributed by atoms with Crippen LogP contribution in [0.1, 0.15) is 37.3 Å². The Morgan fingerprint density at radius 3 is 2.70 bits per heavy atom. The third kappa shape index (κ3) is 3.72. The van der Waals surface area contributed by atoms with Gasteiger partial charge < -0.3 is 15.1 Å². The summed E-state index contributed by atoms with van der Waals surface area (Å²) in [5.74, 6) is -1.03. The number of piperidine rings is 1. The Morgan fingerprint density at radius 2 is 2.13 bits per heavy atom. The molecular formula is C18H25NO4. The first-order valence-electron chi connectivity index (χ1n) is 8.14. The summed E-state index contributed by atoms with van der Waals surface area (Å²) in [6.07, 6.45) is 0.693. The molecule has 1 heterocycles. The van der Waals surface area contributed by atoms with Gasteiger partial charge in [-0.2, -0.15) is 0 Å². The number of likely N-dealkylation sites (tertiary alicyclic amines) is 1. The highest BCUT2D eigenvalue weighted by atomic mass is 16.4. The molecule has 2 rings (SSSR count). The van der Waals surface area contributed by atoms with Crippen LogP contribution in [0.5, 0.6) is 0 Å². The standard InChI is InChI=1S/C18H25NO4/c1-3-7-18(17(22)23)8-9-19(12-15(18)20)16(21)11-14-6-4-5-13(2)10-14/h4-6,10,15,20H,3,7-9,11-12H2,1-2H3,(H,22,23)/t15-,18-/m0/s1. The summed E-state index contributed by atoms with van der Waals surface area (Å²) >= 11 is 0. The molecule has 5 heteroatoms. The molecule has 1 saturated heterocycles. The van der Waals surface area contributed by atoms with Crippen LogP contribution in [0.3, 0.4) is 0 Å². The Morgan fingerprint density at radius 1 is 1.39 bits per heavy atom. The predicted molar refractivity (Wildman–Crippen MR) is 87.1 cm³/mol. The fraction of sp³-hybridized carbons (Fsp3) is 0.556.